The van der Waals surface area contributed by atoms with E-state index in [-0.39, 0.29) is 0 Å². The lowest BCUT2D eigenvalue weighted by atomic mass is 10.2. The minimum Gasteiger partial charge on any atom is -0.340 e. The number of hydrogen-bond acceptors (Lipinski definition) is 5. The SMILES string of the molecule is CSc1nc2nc(Nc3cccc(C(F)(F)F)c3)cc(C)n2n1. The fourth-order valence-electron chi connectivity index (χ4n) is 2.07. The van der Waals surface area contributed by atoms with E-state index in [2.05, 4.69) is 20.4 Å². The van der Waals surface area contributed by atoms with Crippen LogP contribution in [-0.2, 0) is 6.18 Å². The molecule has 0 amide bonds. The van der Waals surface area contributed by atoms with E-state index >= 15 is 0 Å². The Morgan fingerprint density at radius 1 is 1.17 bits per heavy atom. The monoisotopic (exact) mass is 339 g/mol. The molecule has 1 N–H and O–H groups in total. The van der Waals surface area contributed by atoms with Crippen molar-refractivity contribution in [1.82, 2.24) is 19.6 Å². The molecule has 0 aliphatic carbocycles. The fraction of sp³-hybridized carbons (Fsp3) is 0.214. The summed E-state index contributed by atoms with van der Waals surface area (Å²) in [6.07, 6.45) is -2.53. The van der Waals surface area contributed by atoms with E-state index in [0.717, 1.165) is 17.8 Å². The van der Waals surface area contributed by atoms with Gasteiger partial charge in [-0.05, 0) is 31.4 Å². The van der Waals surface area contributed by atoms with Crippen LogP contribution in [-0.4, -0.2) is 25.8 Å². The Labute approximate surface area is 133 Å². The zero-order valence-corrected chi connectivity index (χ0v) is 13.0. The van der Waals surface area contributed by atoms with Crippen LogP contribution >= 0.6 is 11.8 Å². The summed E-state index contributed by atoms with van der Waals surface area (Å²) in [5, 5.41) is 7.71. The van der Waals surface area contributed by atoms with Crippen LogP contribution in [0.2, 0.25) is 0 Å². The van der Waals surface area contributed by atoms with E-state index in [1.54, 1.807) is 16.6 Å². The molecule has 2 aromatic heterocycles. The molecule has 3 aromatic rings. The van der Waals surface area contributed by atoms with Crippen molar-refractivity contribution >= 4 is 29.0 Å². The summed E-state index contributed by atoms with van der Waals surface area (Å²) < 4.78 is 39.8. The number of nitrogens with zero attached hydrogens (tertiary/aromatic N) is 4. The highest BCUT2D eigenvalue weighted by molar-refractivity contribution is 7.98. The fourth-order valence-corrected chi connectivity index (χ4v) is 2.40. The van der Waals surface area contributed by atoms with Crippen LogP contribution < -0.4 is 5.32 Å². The molecule has 0 saturated carbocycles. The predicted octanol–water partition coefficient (Wildman–Crippen LogP) is 3.92. The van der Waals surface area contributed by atoms with Gasteiger partial charge in [-0.2, -0.15) is 23.1 Å². The van der Waals surface area contributed by atoms with Crippen molar-refractivity contribution in [3.63, 3.8) is 0 Å². The molecule has 0 bridgehead atoms. The van der Waals surface area contributed by atoms with Gasteiger partial charge in [0.05, 0.1) is 5.56 Å². The van der Waals surface area contributed by atoms with Gasteiger partial charge >= 0.3 is 6.18 Å². The van der Waals surface area contributed by atoms with E-state index in [1.165, 1.54) is 17.8 Å². The molecule has 0 radical (unpaired) electrons. The maximum atomic E-state index is 12.8. The highest BCUT2D eigenvalue weighted by atomic mass is 32.2. The average Bonchev–Trinajstić information content (AvgIpc) is 2.90. The molecular formula is C14H12F3N5S. The summed E-state index contributed by atoms with van der Waals surface area (Å²) in [7, 11) is 0. The van der Waals surface area contributed by atoms with E-state index in [0.29, 0.717) is 22.4 Å². The van der Waals surface area contributed by atoms with Gasteiger partial charge < -0.3 is 5.32 Å². The summed E-state index contributed by atoms with van der Waals surface area (Å²) in [6.45, 7) is 1.82. The van der Waals surface area contributed by atoms with Gasteiger partial charge in [-0.1, -0.05) is 17.8 Å². The highest BCUT2D eigenvalue weighted by Crippen LogP contribution is 2.31. The summed E-state index contributed by atoms with van der Waals surface area (Å²) in [5.41, 5.74) is 0.366. The number of fused-ring (bicyclic) bond motifs is 1. The average molecular weight is 339 g/mol. The normalized spacial score (nSPS) is 11.9. The number of aryl methyl sites for hydroxylation is 1. The zero-order valence-electron chi connectivity index (χ0n) is 12.2. The van der Waals surface area contributed by atoms with Crippen molar-refractivity contribution in [2.24, 2.45) is 0 Å². The third kappa shape index (κ3) is 3.24. The lowest BCUT2D eigenvalue weighted by Crippen LogP contribution is -2.06. The number of nitrogens with one attached hydrogen (secondary N) is 1. The largest absolute Gasteiger partial charge is 0.416 e. The molecule has 0 spiro atoms. The van der Waals surface area contributed by atoms with Gasteiger partial charge in [0.15, 0.2) is 0 Å². The molecule has 5 nitrogen and oxygen atoms in total. The van der Waals surface area contributed by atoms with Crippen LogP contribution in [0.4, 0.5) is 24.7 Å². The second-order valence-electron chi connectivity index (χ2n) is 4.80. The van der Waals surface area contributed by atoms with Gasteiger partial charge in [0.1, 0.15) is 5.82 Å². The van der Waals surface area contributed by atoms with Crippen LogP contribution in [0.1, 0.15) is 11.3 Å². The smallest absolute Gasteiger partial charge is 0.340 e. The summed E-state index contributed by atoms with van der Waals surface area (Å²) in [5.74, 6) is 0.804. The van der Waals surface area contributed by atoms with Gasteiger partial charge in [0, 0.05) is 17.4 Å². The molecule has 2 heterocycles. The van der Waals surface area contributed by atoms with E-state index < -0.39 is 11.7 Å². The number of hydrogen-bond donors (Lipinski definition) is 1. The number of thioether (sulfide) groups is 1. The summed E-state index contributed by atoms with van der Waals surface area (Å²) in [6, 6.07) is 6.66. The van der Waals surface area contributed by atoms with Gasteiger partial charge in [-0.25, -0.2) is 4.52 Å². The molecule has 0 saturated heterocycles. The third-order valence-corrected chi connectivity index (χ3v) is 3.65. The quantitative estimate of drug-likeness (QED) is 0.733. The van der Waals surface area contributed by atoms with Gasteiger partial charge in [0.25, 0.3) is 5.78 Å². The number of alkyl halides is 3. The van der Waals surface area contributed by atoms with Crippen LogP contribution in [0.5, 0.6) is 0 Å². The molecule has 0 fully saturated rings. The molecule has 0 aliphatic rings. The molecule has 3 rings (SSSR count). The van der Waals surface area contributed by atoms with Crippen LogP contribution in [0, 0.1) is 6.92 Å². The maximum absolute atomic E-state index is 12.8. The predicted molar refractivity (Wildman–Crippen MR) is 82.0 cm³/mol. The number of halogens is 3. The molecule has 120 valence electrons. The standard InChI is InChI=1S/C14H12F3N5S/c1-8-6-11(19-12-20-13(23-2)21-22(8)12)18-10-5-3-4-9(7-10)14(15,16)17/h3-7H,1-2H3,(H,18,19,20,21). The minimum atomic E-state index is -4.38. The van der Waals surface area contributed by atoms with Crippen molar-refractivity contribution in [2.45, 2.75) is 18.3 Å². The van der Waals surface area contributed by atoms with Gasteiger partial charge in [-0.3, -0.25) is 0 Å². The Balaban J connectivity index is 1.95. The van der Waals surface area contributed by atoms with Crippen LogP contribution in [0.3, 0.4) is 0 Å². The summed E-state index contributed by atoms with van der Waals surface area (Å²) in [4.78, 5) is 8.51. The number of rotatable bonds is 3. The zero-order chi connectivity index (χ0) is 16.6. The lowest BCUT2D eigenvalue weighted by molar-refractivity contribution is -0.137. The molecule has 0 aliphatic heterocycles. The van der Waals surface area contributed by atoms with Crippen molar-refractivity contribution in [2.75, 3.05) is 11.6 Å². The second kappa shape index (κ2) is 5.73. The van der Waals surface area contributed by atoms with Crippen LogP contribution in [0.15, 0.2) is 35.5 Å². The third-order valence-electron chi connectivity index (χ3n) is 3.12. The summed E-state index contributed by atoms with van der Waals surface area (Å²) >= 11 is 1.39. The maximum Gasteiger partial charge on any atom is 0.416 e. The molecule has 0 unspecified atom stereocenters. The number of aromatic nitrogens is 4. The molecule has 1 aromatic carbocycles. The van der Waals surface area contributed by atoms with E-state index in [4.69, 9.17) is 0 Å². The molecular weight excluding hydrogens is 327 g/mol. The number of benzene rings is 1. The highest BCUT2D eigenvalue weighted by Gasteiger charge is 2.30. The van der Waals surface area contributed by atoms with Crippen molar-refractivity contribution in [1.29, 1.82) is 0 Å². The number of anilines is 2. The lowest BCUT2D eigenvalue weighted by Gasteiger charge is -2.10. The Morgan fingerprint density at radius 2 is 1.96 bits per heavy atom. The topological polar surface area (TPSA) is 55.1 Å². The van der Waals surface area contributed by atoms with Crippen molar-refractivity contribution in [3.8, 4) is 0 Å². The first-order valence-electron chi connectivity index (χ1n) is 6.59. The van der Waals surface area contributed by atoms with Crippen LogP contribution in [0.25, 0.3) is 5.78 Å². The van der Waals surface area contributed by atoms with E-state index in [9.17, 15) is 13.2 Å². The molecule has 0 atom stereocenters. The molecule has 23 heavy (non-hydrogen) atoms. The first-order valence-corrected chi connectivity index (χ1v) is 7.82. The van der Waals surface area contributed by atoms with E-state index in [1.807, 2.05) is 13.2 Å². The Bertz CT molecular complexity index is 859. The first-order chi connectivity index (χ1) is 10.9. The minimum absolute atomic E-state index is 0.306. The van der Waals surface area contributed by atoms with Gasteiger partial charge in [0.2, 0.25) is 5.16 Å². The van der Waals surface area contributed by atoms with Gasteiger partial charge in [-0.15, -0.1) is 5.10 Å². The Kier molecular flexibility index (Phi) is 3.88. The second-order valence-corrected chi connectivity index (χ2v) is 5.57. The van der Waals surface area contributed by atoms with Crippen molar-refractivity contribution < 1.29 is 13.2 Å². The first kappa shape index (κ1) is 15.6. The Hall–Kier alpha value is -2.29. The molecule has 9 heteroatoms. The Morgan fingerprint density at radius 3 is 2.65 bits per heavy atom. The van der Waals surface area contributed by atoms with Crippen molar-refractivity contribution in [3.05, 3.63) is 41.6 Å².